The summed E-state index contributed by atoms with van der Waals surface area (Å²) in [5.74, 6) is -0.138. The van der Waals surface area contributed by atoms with Crippen LogP contribution in [-0.4, -0.2) is 0 Å². The van der Waals surface area contributed by atoms with Crippen LogP contribution in [0.3, 0.4) is 0 Å². The second-order valence-corrected chi connectivity index (χ2v) is 7.01. The average molecular weight is 380 g/mol. The van der Waals surface area contributed by atoms with Gasteiger partial charge in [0.05, 0.1) is 0 Å². The predicted octanol–water partition coefficient (Wildman–Crippen LogP) is 5.48. The smallest absolute Gasteiger partial charge is 0.123 e. The van der Waals surface area contributed by atoms with Crippen molar-refractivity contribution < 1.29 is 4.39 Å². The minimum atomic E-state index is -0.138. The van der Waals surface area contributed by atoms with Crippen LogP contribution in [0.4, 0.5) is 4.39 Å². The van der Waals surface area contributed by atoms with E-state index in [4.69, 9.17) is 0 Å². The van der Waals surface area contributed by atoms with Crippen molar-refractivity contribution in [1.29, 1.82) is 0 Å². The summed E-state index contributed by atoms with van der Waals surface area (Å²) in [5.41, 5.74) is 3.01. The van der Waals surface area contributed by atoms with Crippen LogP contribution in [0.5, 0.6) is 0 Å². The Hall–Kier alpha value is -0.900. The Bertz CT molecular complexity index is 567. The van der Waals surface area contributed by atoms with E-state index >= 15 is 0 Å². The van der Waals surface area contributed by atoms with Gasteiger partial charge in [-0.25, -0.2) is 4.39 Å². The highest BCUT2D eigenvalue weighted by atomic mass is 127. The molecule has 1 fully saturated rings. The first-order valence-electron chi connectivity index (χ1n) is 7.18. The summed E-state index contributed by atoms with van der Waals surface area (Å²) in [6.45, 7) is 0. The molecule has 1 aliphatic rings. The highest BCUT2D eigenvalue weighted by Gasteiger charge is 2.37. The van der Waals surface area contributed by atoms with Crippen LogP contribution >= 0.6 is 22.6 Å². The minimum Gasteiger partial charge on any atom is -0.207 e. The van der Waals surface area contributed by atoms with E-state index in [2.05, 4.69) is 46.9 Å². The summed E-state index contributed by atoms with van der Waals surface area (Å²) in [4.78, 5) is 0. The lowest BCUT2D eigenvalue weighted by Crippen LogP contribution is -2.34. The van der Waals surface area contributed by atoms with Crippen molar-refractivity contribution in [3.05, 3.63) is 69.0 Å². The van der Waals surface area contributed by atoms with Crippen LogP contribution in [0.25, 0.3) is 0 Å². The van der Waals surface area contributed by atoms with E-state index in [1.807, 2.05) is 12.1 Å². The van der Waals surface area contributed by atoms with Crippen molar-refractivity contribution in [3.8, 4) is 0 Å². The number of hydrogen-bond acceptors (Lipinski definition) is 0. The number of halogens is 2. The van der Waals surface area contributed by atoms with E-state index in [-0.39, 0.29) is 11.2 Å². The third-order valence-electron chi connectivity index (χ3n) is 4.57. The van der Waals surface area contributed by atoms with E-state index in [0.717, 1.165) is 6.42 Å². The molecule has 0 nitrogen and oxygen atoms in total. The van der Waals surface area contributed by atoms with Gasteiger partial charge in [-0.1, -0.05) is 30.7 Å². The Balaban J connectivity index is 1.73. The summed E-state index contributed by atoms with van der Waals surface area (Å²) < 4.78 is 14.4. The lowest BCUT2D eigenvalue weighted by Gasteiger charge is -2.43. The highest BCUT2D eigenvalue weighted by molar-refractivity contribution is 14.1. The van der Waals surface area contributed by atoms with Crippen LogP contribution in [0.2, 0.25) is 0 Å². The first-order valence-corrected chi connectivity index (χ1v) is 8.26. The number of rotatable bonds is 4. The number of hydrogen-bond donors (Lipinski definition) is 0. The van der Waals surface area contributed by atoms with Crippen LogP contribution in [0, 0.1) is 9.39 Å². The Kier molecular flexibility index (Phi) is 4.11. The predicted molar refractivity (Wildman–Crippen MR) is 89.4 cm³/mol. The first kappa shape index (κ1) is 14.1. The van der Waals surface area contributed by atoms with Crippen molar-refractivity contribution in [2.45, 2.75) is 37.5 Å². The summed E-state index contributed by atoms with van der Waals surface area (Å²) in [5, 5.41) is 0. The average Bonchev–Trinajstić information content (AvgIpc) is 2.41. The molecule has 1 saturated carbocycles. The van der Waals surface area contributed by atoms with Crippen molar-refractivity contribution in [1.82, 2.24) is 0 Å². The van der Waals surface area contributed by atoms with Gasteiger partial charge in [-0.3, -0.25) is 0 Å². The number of aryl methyl sites for hydroxylation is 1. The zero-order valence-corrected chi connectivity index (χ0v) is 13.6. The molecule has 1 aliphatic carbocycles. The molecule has 0 radical (unpaired) electrons. The fraction of sp³-hybridized carbons (Fsp3) is 0.333. The molecule has 0 atom stereocenters. The van der Waals surface area contributed by atoms with Gasteiger partial charge in [-0.2, -0.15) is 0 Å². The largest absolute Gasteiger partial charge is 0.207 e. The molecule has 2 aromatic carbocycles. The van der Waals surface area contributed by atoms with E-state index in [1.54, 1.807) is 12.1 Å². The first-order chi connectivity index (χ1) is 9.68. The van der Waals surface area contributed by atoms with Crippen LogP contribution in [0.1, 0.15) is 36.8 Å². The second-order valence-electron chi connectivity index (χ2n) is 5.77. The van der Waals surface area contributed by atoms with E-state index in [1.165, 1.54) is 40.4 Å². The summed E-state index contributed by atoms with van der Waals surface area (Å²) in [7, 11) is 0. The molecule has 0 aromatic heterocycles. The van der Waals surface area contributed by atoms with Crippen LogP contribution in [0.15, 0.2) is 48.5 Å². The van der Waals surface area contributed by atoms with Crippen molar-refractivity contribution in [2.75, 3.05) is 0 Å². The molecule has 0 spiro atoms. The molecule has 2 aromatic rings. The molecule has 0 saturated heterocycles. The summed E-state index contributed by atoms with van der Waals surface area (Å²) >= 11 is 2.34. The molecule has 2 heteroatoms. The molecule has 0 aliphatic heterocycles. The Morgan fingerprint density at radius 3 is 2.15 bits per heavy atom. The maximum atomic E-state index is 13.1. The second kappa shape index (κ2) is 5.84. The van der Waals surface area contributed by atoms with Gasteiger partial charge in [0.2, 0.25) is 0 Å². The van der Waals surface area contributed by atoms with Crippen LogP contribution < -0.4 is 0 Å². The minimum absolute atomic E-state index is 0.138. The van der Waals surface area contributed by atoms with Gasteiger partial charge in [-0.15, -0.1) is 0 Å². The lowest BCUT2D eigenvalue weighted by atomic mass is 9.62. The Labute approximate surface area is 133 Å². The fourth-order valence-corrected chi connectivity index (χ4v) is 3.48. The third-order valence-corrected chi connectivity index (χ3v) is 5.29. The van der Waals surface area contributed by atoms with Crippen LogP contribution in [-0.2, 0) is 11.8 Å². The van der Waals surface area contributed by atoms with Crippen molar-refractivity contribution in [3.63, 3.8) is 0 Å². The summed E-state index contributed by atoms with van der Waals surface area (Å²) in [6.07, 6.45) is 6.05. The molecule has 0 bridgehead atoms. The Morgan fingerprint density at radius 2 is 1.60 bits per heavy atom. The lowest BCUT2D eigenvalue weighted by molar-refractivity contribution is 0.225. The maximum Gasteiger partial charge on any atom is 0.123 e. The van der Waals surface area contributed by atoms with E-state index in [9.17, 15) is 4.39 Å². The Morgan fingerprint density at radius 1 is 0.950 bits per heavy atom. The van der Waals surface area contributed by atoms with E-state index < -0.39 is 0 Å². The fourth-order valence-electron chi connectivity index (χ4n) is 3.12. The zero-order chi connectivity index (χ0) is 14.0. The van der Waals surface area contributed by atoms with Gasteiger partial charge in [0.1, 0.15) is 5.82 Å². The quantitative estimate of drug-likeness (QED) is 0.616. The number of benzene rings is 2. The molecule has 0 heterocycles. The monoisotopic (exact) mass is 380 g/mol. The molecule has 3 rings (SSSR count). The van der Waals surface area contributed by atoms with Gasteiger partial charge in [-0.05, 0) is 89.1 Å². The molecule has 20 heavy (non-hydrogen) atoms. The third kappa shape index (κ3) is 2.90. The molecule has 0 amide bonds. The zero-order valence-electron chi connectivity index (χ0n) is 11.4. The van der Waals surface area contributed by atoms with Gasteiger partial charge >= 0.3 is 0 Å². The topological polar surface area (TPSA) is 0 Å². The van der Waals surface area contributed by atoms with Crippen molar-refractivity contribution >= 4 is 22.6 Å². The molecular formula is C18H18FI. The standard InChI is InChI=1S/C18H18FI/c19-16-6-4-15(5-7-16)18(11-1-12-18)13-10-14-2-8-17(20)9-3-14/h2-9H,1,10-13H2. The van der Waals surface area contributed by atoms with Gasteiger partial charge in [0.15, 0.2) is 0 Å². The molecule has 104 valence electrons. The SMILES string of the molecule is Fc1ccc(C2(CCc3ccc(I)cc3)CCC2)cc1. The highest BCUT2D eigenvalue weighted by Crippen LogP contribution is 2.47. The van der Waals surface area contributed by atoms with Gasteiger partial charge < -0.3 is 0 Å². The van der Waals surface area contributed by atoms with E-state index in [0.29, 0.717) is 0 Å². The summed E-state index contributed by atoms with van der Waals surface area (Å²) in [6, 6.07) is 15.9. The normalized spacial score (nSPS) is 16.7. The van der Waals surface area contributed by atoms with Crippen molar-refractivity contribution in [2.24, 2.45) is 0 Å². The molecule has 0 unspecified atom stereocenters. The molecule has 0 N–H and O–H groups in total. The van der Waals surface area contributed by atoms with Gasteiger partial charge in [0, 0.05) is 3.57 Å². The maximum absolute atomic E-state index is 13.1. The van der Waals surface area contributed by atoms with Gasteiger partial charge in [0.25, 0.3) is 0 Å². The molecular weight excluding hydrogens is 362 g/mol.